The molecule has 1 saturated heterocycles. The van der Waals surface area contributed by atoms with E-state index < -0.39 is 6.09 Å². The molecule has 2 aliphatic rings. The van der Waals surface area contributed by atoms with E-state index in [2.05, 4.69) is 9.97 Å². The third-order valence-electron chi connectivity index (χ3n) is 2.85. The Bertz CT molecular complexity index is 423. The van der Waals surface area contributed by atoms with Crippen molar-refractivity contribution in [2.75, 3.05) is 6.54 Å². The van der Waals surface area contributed by atoms with Gasteiger partial charge in [-0.3, -0.25) is 4.90 Å². The Balaban J connectivity index is 2.05. The molecule has 78 valence electrons. The second kappa shape index (κ2) is 2.82. The average Bonchev–Trinajstić information content (AvgIpc) is 2.57. The van der Waals surface area contributed by atoms with Gasteiger partial charge in [-0.05, 0) is 0 Å². The average molecular weight is 207 g/mol. The first-order valence-corrected chi connectivity index (χ1v) is 4.72. The van der Waals surface area contributed by atoms with E-state index in [0.717, 1.165) is 5.56 Å². The molecular weight excluding hydrogens is 198 g/mol. The summed E-state index contributed by atoms with van der Waals surface area (Å²) >= 11 is 0. The first-order valence-electron chi connectivity index (χ1n) is 4.72. The summed E-state index contributed by atoms with van der Waals surface area (Å²) in [5, 5.41) is 9.02. The molecule has 2 aliphatic heterocycles. The van der Waals surface area contributed by atoms with Crippen LogP contribution in [0.1, 0.15) is 18.0 Å². The lowest BCUT2D eigenvalue weighted by atomic mass is 10.0. The maximum absolute atomic E-state index is 11.0. The summed E-state index contributed by atoms with van der Waals surface area (Å²) in [7, 11) is 0. The molecule has 1 aromatic rings. The zero-order valence-electron chi connectivity index (χ0n) is 7.83. The predicted octanol–water partition coefficient (Wildman–Crippen LogP) is 0.662. The third kappa shape index (κ3) is 1.14. The molecule has 1 amide bonds. The van der Waals surface area contributed by atoms with Gasteiger partial charge in [0.15, 0.2) is 0 Å². The van der Waals surface area contributed by atoms with Crippen LogP contribution in [-0.4, -0.2) is 38.7 Å². The van der Waals surface area contributed by atoms with Gasteiger partial charge in [0.05, 0.1) is 18.2 Å². The van der Waals surface area contributed by atoms with Crippen molar-refractivity contribution in [3.05, 3.63) is 18.1 Å². The molecule has 1 fully saturated rings. The lowest BCUT2D eigenvalue weighted by Gasteiger charge is -2.23. The maximum atomic E-state index is 11.0. The van der Waals surface area contributed by atoms with Crippen molar-refractivity contribution in [1.82, 2.24) is 14.9 Å². The van der Waals surface area contributed by atoms with Crippen LogP contribution in [0.25, 0.3) is 0 Å². The number of fused-ring (bicyclic) bond motifs is 4. The minimum atomic E-state index is -0.914. The topological polar surface area (TPSA) is 75.5 Å². The number of ether oxygens (including phenoxy) is 1. The van der Waals surface area contributed by atoms with Crippen molar-refractivity contribution in [1.29, 1.82) is 0 Å². The van der Waals surface area contributed by atoms with Crippen LogP contribution in [0.5, 0.6) is 5.88 Å². The van der Waals surface area contributed by atoms with Gasteiger partial charge >= 0.3 is 6.09 Å². The van der Waals surface area contributed by atoms with Gasteiger partial charge in [-0.2, -0.15) is 0 Å². The molecule has 2 atom stereocenters. The summed E-state index contributed by atoms with van der Waals surface area (Å²) < 4.78 is 5.55. The van der Waals surface area contributed by atoms with Gasteiger partial charge in [0.2, 0.25) is 5.88 Å². The number of likely N-dealkylation sites (tertiary alicyclic amines) is 1. The van der Waals surface area contributed by atoms with Crippen LogP contribution < -0.4 is 4.74 Å². The number of nitrogens with zero attached hydrogens (tertiary/aromatic N) is 3. The number of rotatable bonds is 0. The van der Waals surface area contributed by atoms with Crippen molar-refractivity contribution in [2.45, 2.75) is 18.6 Å². The highest BCUT2D eigenvalue weighted by molar-refractivity contribution is 5.67. The zero-order chi connectivity index (χ0) is 10.4. The molecule has 3 rings (SSSR count). The van der Waals surface area contributed by atoms with Crippen molar-refractivity contribution in [3.8, 4) is 5.88 Å². The van der Waals surface area contributed by atoms with Crippen LogP contribution in [-0.2, 0) is 0 Å². The van der Waals surface area contributed by atoms with Gasteiger partial charge in [0.1, 0.15) is 12.4 Å². The Morgan fingerprint density at radius 1 is 1.67 bits per heavy atom. The van der Waals surface area contributed by atoms with Gasteiger partial charge in [-0.1, -0.05) is 0 Å². The molecule has 1 N–H and O–H groups in total. The quantitative estimate of drug-likeness (QED) is 0.676. The van der Waals surface area contributed by atoms with E-state index in [-0.39, 0.29) is 12.1 Å². The number of carboxylic acid groups (broad SMARTS) is 1. The summed E-state index contributed by atoms with van der Waals surface area (Å²) in [6.45, 7) is 0.413. The second-order valence-electron chi connectivity index (χ2n) is 3.71. The van der Waals surface area contributed by atoms with Crippen LogP contribution in [0.4, 0.5) is 4.79 Å². The Labute approximate surface area is 85.5 Å². The summed E-state index contributed by atoms with van der Waals surface area (Å²) in [5.41, 5.74) is 0.772. The summed E-state index contributed by atoms with van der Waals surface area (Å²) in [5.74, 6) is 0.523. The second-order valence-corrected chi connectivity index (χ2v) is 3.71. The number of aromatic nitrogens is 2. The van der Waals surface area contributed by atoms with Crippen LogP contribution >= 0.6 is 0 Å². The molecule has 3 heterocycles. The molecule has 0 aliphatic carbocycles. The van der Waals surface area contributed by atoms with Crippen LogP contribution in [0.2, 0.25) is 0 Å². The fourth-order valence-electron chi connectivity index (χ4n) is 2.20. The molecule has 0 saturated carbocycles. The first kappa shape index (κ1) is 8.46. The highest BCUT2D eigenvalue weighted by atomic mass is 16.5. The van der Waals surface area contributed by atoms with E-state index in [1.54, 1.807) is 6.20 Å². The SMILES string of the molecule is O=C(O)N1C[C@@H]2C[C@H]1c1cncnc1O2. The van der Waals surface area contributed by atoms with Gasteiger partial charge in [-0.25, -0.2) is 14.8 Å². The van der Waals surface area contributed by atoms with Crippen LogP contribution in [0, 0.1) is 0 Å². The van der Waals surface area contributed by atoms with Crippen molar-refractivity contribution >= 4 is 6.09 Å². The van der Waals surface area contributed by atoms with E-state index in [9.17, 15) is 4.79 Å². The third-order valence-corrected chi connectivity index (χ3v) is 2.85. The Morgan fingerprint density at radius 2 is 2.53 bits per heavy atom. The largest absolute Gasteiger partial charge is 0.472 e. The normalized spacial score (nSPS) is 27.1. The van der Waals surface area contributed by atoms with Gasteiger partial charge in [0.25, 0.3) is 0 Å². The van der Waals surface area contributed by atoms with Gasteiger partial charge in [0, 0.05) is 12.6 Å². The van der Waals surface area contributed by atoms with Crippen LogP contribution in [0.3, 0.4) is 0 Å². The Morgan fingerprint density at radius 3 is 3.33 bits per heavy atom. The summed E-state index contributed by atoms with van der Waals surface area (Å²) in [4.78, 5) is 20.3. The minimum Gasteiger partial charge on any atom is -0.472 e. The summed E-state index contributed by atoms with van der Waals surface area (Å²) in [6, 6.07) is -0.141. The molecule has 6 nitrogen and oxygen atoms in total. The van der Waals surface area contributed by atoms with E-state index >= 15 is 0 Å². The molecule has 0 aromatic carbocycles. The standard InChI is InChI=1S/C9H9N3O3/c13-9(14)12-3-5-1-7(12)6-2-10-4-11-8(6)15-5/h2,4-5,7H,1,3H2,(H,13,14)/t5-,7-/m0/s1. The van der Waals surface area contributed by atoms with Gasteiger partial charge in [-0.15, -0.1) is 0 Å². The van der Waals surface area contributed by atoms with E-state index in [1.807, 2.05) is 0 Å². The lowest BCUT2D eigenvalue weighted by Crippen LogP contribution is -2.29. The van der Waals surface area contributed by atoms with Crippen molar-refractivity contribution in [3.63, 3.8) is 0 Å². The molecule has 1 aromatic heterocycles. The lowest BCUT2D eigenvalue weighted by molar-refractivity contribution is 0.139. The highest BCUT2D eigenvalue weighted by Gasteiger charge is 2.43. The fraction of sp³-hybridized carbons (Fsp3) is 0.444. The maximum Gasteiger partial charge on any atom is 0.407 e. The molecular formula is C9H9N3O3. The molecule has 0 unspecified atom stereocenters. The molecule has 0 spiro atoms. The van der Waals surface area contributed by atoms with Crippen molar-refractivity contribution in [2.24, 2.45) is 0 Å². The predicted molar refractivity (Wildman–Crippen MR) is 48.5 cm³/mol. The van der Waals surface area contributed by atoms with E-state index in [1.165, 1.54) is 11.2 Å². The fourth-order valence-corrected chi connectivity index (χ4v) is 2.20. The smallest absolute Gasteiger partial charge is 0.407 e. The Hall–Kier alpha value is -1.85. The zero-order valence-corrected chi connectivity index (χ0v) is 7.83. The molecule has 6 heteroatoms. The van der Waals surface area contributed by atoms with E-state index in [4.69, 9.17) is 9.84 Å². The monoisotopic (exact) mass is 207 g/mol. The molecule has 15 heavy (non-hydrogen) atoms. The Kier molecular flexibility index (Phi) is 1.59. The van der Waals surface area contributed by atoms with E-state index in [0.29, 0.717) is 18.8 Å². The van der Waals surface area contributed by atoms with Crippen LogP contribution in [0.15, 0.2) is 12.5 Å². The minimum absolute atomic E-state index is 0.0616. The number of carbonyl (C=O) groups is 1. The summed E-state index contributed by atoms with van der Waals surface area (Å²) in [6.07, 6.45) is 2.77. The number of amides is 1. The molecule has 2 bridgehead atoms. The first-order chi connectivity index (χ1) is 7.25. The number of hydrogen-bond donors (Lipinski definition) is 1. The number of hydrogen-bond acceptors (Lipinski definition) is 4. The van der Waals surface area contributed by atoms with Crippen molar-refractivity contribution < 1.29 is 14.6 Å². The highest BCUT2D eigenvalue weighted by Crippen LogP contribution is 2.41. The van der Waals surface area contributed by atoms with Gasteiger partial charge < -0.3 is 9.84 Å². The molecule has 0 radical (unpaired) electrons.